The highest BCUT2D eigenvalue weighted by Crippen LogP contribution is 2.37. The average Bonchev–Trinajstić information content (AvgIpc) is 3.04. The number of nitrogens with zero attached hydrogens (tertiary/aromatic N) is 2. The number of carboxylic acids is 1. The zero-order valence-electron chi connectivity index (χ0n) is 15.8. The van der Waals surface area contributed by atoms with Gasteiger partial charge < -0.3 is 14.6 Å². The zero-order chi connectivity index (χ0) is 21.7. The summed E-state index contributed by atoms with van der Waals surface area (Å²) in [5, 5.41) is 7.12. The molecule has 8 nitrogen and oxygen atoms in total. The van der Waals surface area contributed by atoms with Gasteiger partial charge in [0.05, 0.1) is 18.3 Å². The van der Waals surface area contributed by atoms with Gasteiger partial charge in [-0.05, 0) is 31.9 Å². The molecule has 164 valence electrons. The van der Waals surface area contributed by atoms with Crippen LogP contribution in [0.4, 0.5) is 13.2 Å². The molecule has 0 radical (unpaired) electrons. The van der Waals surface area contributed by atoms with Gasteiger partial charge in [0.25, 0.3) is 0 Å². The third kappa shape index (κ3) is 6.11. The van der Waals surface area contributed by atoms with Gasteiger partial charge in [-0.2, -0.15) is 17.5 Å². The van der Waals surface area contributed by atoms with Crippen LogP contribution in [-0.4, -0.2) is 73.0 Å². The molecular formula is C17H23F3N2O6S. The van der Waals surface area contributed by atoms with E-state index in [4.69, 9.17) is 19.4 Å². The molecule has 0 amide bonds. The molecular weight excluding hydrogens is 417 g/mol. The number of aromatic nitrogens is 1. The smallest absolute Gasteiger partial charge is 0.475 e. The number of pyridine rings is 1. The second-order valence-corrected chi connectivity index (χ2v) is 8.65. The van der Waals surface area contributed by atoms with Gasteiger partial charge in [0.2, 0.25) is 10.0 Å². The highest BCUT2D eigenvalue weighted by Gasteiger charge is 2.46. The van der Waals surface area contributed by atoms with Crippen molar-refractivity contribution in [1.82, 2.24) is 9.29 Å². The summed E-state index contributed by atoms with van der Waals surface area (Å²) in [7, 11) is -3.51. The Morgan fingerprint density at radius 3 is 2.72 bits per heavy atom. The van der Waals surface area contributed by atoms with Crippen LogP contribution in [0.15, 0.2) is 29.4 Å². The Morgan fingerprint density at radius 2 is 2.17 bits per heavy atom. The number of rotatable bonds is 4. The third-order valence-corrected chi connectivity index (χ3v) is 6.43. The van der Waals surface area contributed by atoms with Crippen LogP contribution in [-0.2, 0) is 24.3 Å². The number of carboxylic acid groups (broad SMARTS) is 1. The van der Waals surface area contributed by atoms with Crippen LogP contribution in [0.2, 0.25) is 0 Å². The van der Waals surface area contributed by atoms with Gasteiger partial charge in [0.15, 0.2) is 0 Å². The Kier molecular flexibility index (Phi) is 7.60. The number of carbonyl (C=O) groups is 1. The number of piperidine rings is 1. The Labute approximate surface area is 166 Å². The summed E-state index contributed by atoms with van der Waals surface area (Å²) in [6.45, 7) is 4.09. The molecule has 29 heavy (non-hydrogen) atoms. The maximum absolute atomic E-state index is 12.7. The molecule has 0 saturated carbocycles. The number of halogens is 3. The minimum absolute atomic E-state index is 0.0750. The van der Waals surface area contributed by atoms with E-state index < -0.39 is 27.8 Å². The number of hydrogen-bond donors (Lipinski definition) is 1. The van der Waals surface area contributed by atoms with Crippen LogP contribution in [0.5, 0.6) is 0 Å². The van der Waals surface area contributed by atoms with Crippen LogP contribution in [0, 0.1) is 0 Å². The van der Waals surface area contributed by atoms with Crippen molar-refractivity contribution in [3.05, 3.63) is 24.5 Å². The number of hydrogen-bond acceptors (Lipinski definition) is 6. The van der Waals surface area contributed by atoms with Gasteiger partial charge in [0, 0.05) is 38.5 Å². The van der Waals surface area contributed by atoms with E-state index in [0.29, 0.717) is 26.3 Å². The molecule has 1 spiro atoms. The second-order valence-electron chi connectivity index (χ2n) is 6.71. The van der Waals surface area contributed by atoms with E-state index in [0.717, 1.165) is 19.3 Å². The molecule has 1 aromatic rings. The van der Waals surface area contributed by atoms with Crippen molar-refractivity contribution in [3.8, 4) is 0 Å². The lowest BCUT2D eigenvalue weighted by Gasteiger charge is -2.38. The summed E-state index contributed by atoms with van der Waals surface area (Å²) in [5.41, 5.74) is -0.395. The Morgan fingerprint density at radius 1 is 1.48 bits per heavy atom. The van der Waals surface area contributed by atoms with Gasteiger partial charge in [-0.3, -0.25) is 4.98 Å². The Hall–Kier alpha value is -1.76. The van der Waals surface area contributed by atoms with Gasteiger partial charge in [-0.1, -0.05) is 0 Å². The first-order chi connectivity index (χ1) is 13.5. The molecule has 2 fully saturated rings. The first-order valence-corrected chi connectivity index (χ1v) is 10.4. The molecule has 2 atom stereocenters. The predicted molar refractivity (Wildman–Crippen MR) is 94.6 cm³/mol. The number of aliphatic carboxylic acids is 1. The van der Waals surface area contributed by atoms with Crippen molar-refractivity contribution < 1.29 is 41.0 Å². The van der Waals surface area contributed by atoms with Gasteiger partial charge in [-0.15, -0.1) is 0 Å². The number of alkyl halides is 3. The molecule has 2 saturated heterocycles. The van der Waals surface area contributed by atoms with Crippen LogP contribution in [0.3, 0.4) is 0 Å². The van der Waals surface area contributed by atoms with E-state index in [1.807, 2.05) is 6.92 Å². The van der Waals surface area contributed by atoms with E-state index in [1.54, 1.807) is 18.3 Å². The molecule has 1 N–H and O–H groups in total. The zero-order valence-corrected chi connectivity index (χ0v) is 16.6. The maximum Gasteiger partial charge on any atom is 0.490 e. The summed E-state index contributed by atoms with van der Waals surface area (Å²) in [4.78, 5) is 13.1. The van der Waals surface area contributed by atoms with Crippen LogP contribution in [0.25, 0.3) is 0 Å². The molecule has 2 aliphatic rings. The first-order valence-electron chi connectivity index (χ1n) is 8.96. The van der Waals surface area contributed by atoms with E-state index in [2.05, 4.69) is 4.98 Å². The molecule has 0 aromatic carbocycles. The summed E-state index contributed by atoms with van der Waals surface area (Å²) < 4.78 is 70.3. The standard InChI is InChI=1S/C15H22N2O4S.C2HF3O2/c1-2-20-13-9-15(21-11-13)6-4-8-17(12-15)22(18,19)14-5-3-7-16-10-14;3-2(4,5)1(6)7/h3,5,7,10,13H,2,4,6,8-9,11-12H2,1H3;(H,6,7)/t13-,15+;/m1./s1. The van der Waals surface area contributed by atoms with E-state index in [1.165, 1.54) is 10.5 Å². The van der Waals surface area contributed by atoms with Crippen molar-refractivity contribution in [2.45, 2.75) is 49.0 Å². The predicted octanol–water partition coefficient (Wildman–Crippen LogP) is 2.06. The van der Waals surface area contributed by atoms with Gasteiger partial charge in [-0.25, -0.2) is 13.2 Å². The van der Waals surface area contributed by atoms with Crippen LogP contribution in [0.1, 0.15) is 26.2 Å². The van der Waals surface area contributed by atoms with Crippen molar-refractivity contribution in [1.29, 1.82) is 0 Å². The molecule has 3 heterocycles. The minimum atomic E-state index is -5.08. The van der Waals surface area contributed by atoms with Crippen LogP contribution < -0.4 is 0 Å². The lowest BCUT2D eigenvalue weighted by atomic mass is 9.90. The van der Waals surface area contributed by atoms with Crippen molar-refractivity contribution >= 4 is 16.0 Å². The molecule has 3 rings (SSSR count). The SMILES string of the molecule is CCO[C@H]1CO[C@@]2(CCCN(S(=O)(=O)c3cccnc3)C2)C1.O=C(O)C(F)(F)F. The van der Waals surface area contributed by atoms with Crippen molar-refractivity contribution in [2.24, 2.45) is 0 Å². The Balaban J connectivity index is 0.000000370. The monoisotopic (exact) mass is 440 g/mol. The fourth-order valence-corrected chi connectivity index (χ4v) is 4.86. The molecule has 12 heteroatoms. The highest BCUT2D eigenvalue weighted by atomic mass is 32.2. The quantitative estimate of drug-likeness (QED) is 0.764. The van der Waals surface area contributed by atoms with Crippen molar-refractivity contribution in [3.63, 3.8) is 0 Å². The van der Waals surface area contributed by atoms with Crippen molar-refractivity contribution in [2.75, 3.05) is 26.3 Å². The number of ether oxygens (including phenoxy) is 2. The lowest BCUT2D eigenvalue weighted by Crippen LogP contribution is -2.50. The summed E-state index contributed by atoms with van der Waals surface area (Å²) in [5.74, 6) is -2.76. The molecule has 0 unspecified atom stereocenters. The first kappa shape index (κ1) is 23.5. The van der Waals surface area contributed by atoms with Gasteiger partial charge in [0.1, 0.15) is 4.90 Å². The number of sulfonamides is 1. The maximum atomic E-state index is 12.7. The fourth-order valence-electron chi connectivity index (χ4n) is 3.34. The molecule has 0 bridgehead atoms. The summed E-state index contributed by atoms with van der Waals surface area (Å²) in [6, 6.07) is 3.23. The second kappa shape index (κ2) is 9.37. The summed E-state index contributed by atoms with van der Waals surface area (Å²) in [6.07, 6.45) is 0.415. The third-order valence-electron chi connectivity index (χ3n) is 4.60. The van der Waals surface area contributed by atoms with E-state index in [-0.39, 0.29) is 11.0 Å². The van der Waals surface area contributed by atoms with E-state index >= 15 is 0 Å². The van der Waals surface area contributed by atoms with Crippen LogP contribution >= 0.6 is 0 Å². The highest BCUT2D eigenvalue weighted by molar-refractivity contribution is 7.89. The fraction of sp³-hybridized carbons (Fsp3) is 0.647. The minimum Gasteiger partial charge on any atom is -0.475 e. The molecule has 1 aromatic heterocycles. The molecule has 2 aliphatic heterocycles. The largest absolute Gasteiger partial charge is 0.490 e. The van der Waals surface area contributed by atoms with Gasteiger partial charge >= 0.3 is 12.1 Å². The van der Waals surface area contributed by atoms with E-state index in [9.17, 15) is 21.6 Å². The summed E-state index contributed by atoms with van der Waals surface area (Å²) >= 11 is 0. The normalized spacial score (nSPS) is 25.4. The molecule has 0 aliphatic carbocycles. The average molecular weight is 440 g/mol. The topological polar surface area (TPSA) is 106 Å². The lowest BCUT2D eigenvalue weighted by molar-refractivity contribution is -0.192. The Bertz CT molecular complexity index is 790.